The second-order valence-corrected chi connectivity index (χ2v) is 4.01. The van der Waals surface area contributed by atoms with Crippen molar-refractivity contribution >= 4 is 0 Å². The lowest BCUT2D eigenvalue weighted by atomic mass is 10.1. The first kappa shape index (κ1) is 10.3. The molecule has 1 aromatic heterocycles. The molecule has 3 nitrogen and oxygen atoms in total. The van der Waals surface area contributed by atoms with Crippen molar-refractivity contribution in [3.8, 4) is 6.07 Å². The summed E-state index contributed by atoms with van der Waals surface area (Å²) in [6.07, 6.45) is 6.51. The Morgan fingerprint density at radius 1 is 1.47 bits per heavy atom. The number of hydrogen-bond donors (Lipinski definition) is 0. The van der Waals surface area contributed by atoms with Crippen LogP contribution in [0.15, 0.2) is 22.8 Å². The second-order valence-electron chi connectivity index (χ2n) is 4.01. The van der Waals surface area contributed by atoms with Gasteiger partial charge < -0.3 is 4.42 Å². The van der Waals surface area contributed by atoms with Crippen LogP contribution in [0.3, 0.4) is 0 Å². The van der Waals surface area contributed by atoms with Gasteiger partial charge in [0, 0.05) is 0 Å². The zero-order valence-corrected chi connectivity index (χ0v) is 8.85. The predicted octanol–water partition coefficient (Wildman–Crippen LogP) is 2.72. The highest BCUT2D eigenvalue weighted by Crippen LogP contribution is 2.29. The van der Waals surface area contributed by atoms with E-state index in [-0.39, 0.29) is 0 Å². The molecule has 2 heterocycles. The minimum atomic E-state index is 0.308. The molecular weight excluding hydrogens is 188 g/mol. The molecule has 1 aliphatic rings. The lowest BCUT2D eigenvalue weighted by molar-refractivity contribution is 0.199. The van der Waals surface area contributed by atoms with E-state index in [1.807, 2.05) is 12.1 Å². The molecule has 2 rings (SSSR count). The van der Waals surface area contributed by atoms with E-state index in [1.54, 1.807) is 6.26 Å². The minimum absolute atomic E-state index is 0.308. The molecule has 15 heavy (non-hydrogen) atoms. The topological polar surface area (TPSA) is 40.2 Å². The Bertz CT molecular complexity index is 326. The van der Waals surface area contributed by atoms with Crippen molar-refractivity contribution in [1.82, 2.24) is 4.90 Å². The van der Waals surface area contributed by atoms with E-state index in [0.717, 1.165) is 18.7 Å². The highest BCUT2D eigenvalue weighted by molar-refractivity contribution is 5.06. The zero-order chi connectivity index (χ0) is 10.5. The van der Waals surface area contributed by atoms with Crippen molar-refractivity contribution in [3.05, 3.63) is 24.2 Å². The first-order valence-electron chi connectivity index (χ1n) is 5.56. The Labute approximate surface area is 90.3 Å². The summed E-state index contributed by atoms with van der Waals surface area (Å²) >= 11 is 0. The van der Waals surface area contributed by atoms with E-state index >= 15 is 0 Å². The monoisotopic (exact) mass is 204 g/mol. The smallest absolute Gasteiger partial charge is 0.120 e. The lowest BCUT2D eigenvalue weighted by Crippen LogP contribution is -2.28. The van der Waals surface area contributed by atoms with Crippen LogP contribution < -0.4 is 0 Å². The summed E-state index contributed by atoms with van der Waals surface area (Å²) < 4.78 is 5.45. The van der Waals surface area contributed by atoms with Crippen LogP contribution >= 0.6 is 0 Å². The molecule has 1 atom stereocenters. The Hall–Kier alpha value is -1.27. The molecule has 1 fully saturated rings. The molecule has 80 valence electrons. The molecule has 0 N–H and O–H groups in total. The van der Waals surface area contributed by atoms with Gasteiger partial charge in [-0.05, 0) is 31.5 Å². The Kier molecular flexibility index (Phi) is 3.41. The number of nitriles is 1. The SMILES string of the molecule is N#CCN1CCCCCC1c1ccco1. The fraction of sp³-hybridized carbons (Fsp3) is 0.583. The van der Waals surface area contributed by atoms with Crippen molar-refractivity contribution in [2.45, 2.75) is 31.7 Å². The Morgan fingerprint density at radius 2 is 2.40 bits per heavy atom. The fourth-order valence-corrected chi connectivity index (χ4v) is 2.25. The lowest BCUT2D eigenvalue weighted by Gasteiger charge is -2.25. The van der Waals surface area contributed by atoms with Gasteiger partial charge in [0.15, 0.2) is 0 Å². The minimum Gasteiger partial charge on any atom is -0.468 e. The van der Waals surface area contributed by atoms with Gasteiger partial charge in [-0.3, -0.25) is 4.90 Å². The third-order valence-electron chi connectivity index (χ3n) is 3.01. The van der Waals surface area contributed by atoms with Gasteiger partial charge in [0.1, 0.15) is 5.76 Å². The molecule has 0 bridgehead atoms. The van der Waals surface area contributed by atoms with Crippen molar-refractivity contribution in [1.29, 1.82) is 5.26 Å². The molecule has 1 unspecified atom stereocenters. The highest BCUT2D eigenvalue weighted by atomic mass is 16.3. The van der Waals surface area contributed by atoms with Crippen LogP contribution in [-0.4, -0.2) is 18.0 Å². The first-order valence-corrected chi connectivity index (χ1v) is 5.56. The summed E-state index contributed by atoms with van der Waals surface area (Å²) in [6, 6.07) is 6.48. The maximum atomic E-state index is 8.80. The summed E-state index contributed by atoms with van der Waals surface area (Å²) in [5.74, 6) is 1.01. The number of hydrogen-bond acceptors (Lipinski definition) is 3. The van der Waals surface area contributed by atoms with E-state index < -0.39 is 0 Å². The maximum absolute atomic E-state index is 8.80. The van der Waals surface area contributed by atoms with Gasteiger partial charge in [0.05, 0.1) is 24.9 Å². The predicted molar refractivity (Wildman–Crippen MR) is 57.1 cm³/mol. The summed E-state index contributed by atoms with van der Waals surface area (Å²) in [5, 5.41) is 8.80. The van der Waals surface area contributed by atoms with Gasteiger partial charge in [-0.1, -0.05) is 12.8 Å². The third kappa shape index (κ3) is 2.40. The third-order valence-corrected chi connectivity index (χ3v) is 3.01. The number of nitrogens with zero attached hydrogens (tertiary/aromatic N) is 2. The summed E-state index contributed by atoms with van der Waals surface area (Å²) in [7, 11) is 0. The Morgan fingerprint density at radius 3 is 3.13 bits per heavy atom. The number of furan rings is 1. The van der Waals surface area contributed by atoms with E-state index in [2.05, 4.69) is 11.0 Å². The quantitative estimate of drug-likeness (QED) is 0.695. The van der Waals surface area contributed by atoms with Crippen LogP contribution in [0.25, 0.3) is 0 Å². The van der Waals surface area contributed by atoms with Crippen LogP contribution in [0.1, 0.15) is 37.5 Å². The summed E-state index contributed by atoms with van der Waals surface area (Å²) in [6.45, 7) is 1.52. The van der Waals surface area contributed by atoms with Crippen molar-refractivity contribution in [2.75, 3.05) is 13.1 Å². The van der Waals surface area contributed by atoms with Crippen LogP contribution in [-0.2, 0) is 0 Å². The molecule has 0 amide bonds. The fourth-order valence-electron chi connectivity index (χ4n) is 2.25. The summed E-state index contributed by atoms with van der Waals surface area (Å²) in [5.41, 5.74) is 0. The standard InChI is InChI=1S/C12H16N2O/c13-7-9-14-8-3-1-2-5-11(14)12-6-4-10-15-12/h4,6,10-11H,1-3,5,8-9H2. The van der Waals surface area contributed by atoms with Gasteiger partial charge in [0.2, 0.25) is 0 Å². The second kappa shape index (κ2) is 4.99. The van der Waals surface area contributed by atoms with Gasteiger partial charge in [0.25, 0.3) is 0 Å². The van der Waals surface area contributed by atoms with Crippen LogP contribution in [0.4, 0.5) is 0 Å². The maximum Gasteiger partial charge on any atom is 0.120 e. The molecule has 3 heteroatoms. The molecule has 0 spiro atoms. The van der Waals surface area contributed by atoms with Crippen LogP contribution in [0, 0.1) is 11.3 Å². The molecule has 0 aliphatic carbocycles. The molecule has 1 aromatic rings. The number of likely N-dealkylation sites (tertiary alicyclic amines) is 1. The average molecular weight is 204 g/mol. The van der Waals surface area contributed by atoms with E-state index in [0.29, 0.717) is 12.6 Å². The largest absolute Gasteiger partial charge is 0.468 e. The molecule has 0 radical (unpaired) electrons. The van der Waals surface area contributed by atoms with Crippen molar-refractivity contribution in [2.24, 2.45) is 0 Å². The molecule has 0 saturated carbocycles. The van der Waals surface area contributed by atoms with Gasteiger partial charge in [-0.2, -0.15) is 5.26 Å². The molecular formula is C12H16N2O. The highest BCUT2D eigenvalue weighted by Gasteiger charge is 2.23. The number of rotatable bonds is 2. The molecule has 1 saturated heterocycles. The summed E-state index contributed by atoms with van der Waals surface area (Å²) in [4.78, 5) is 2.23. The zero-order valence-electron chi connectivity index (χ0n) is 8.85. The Balaban J connectivity index is 2.14. The van der Waals surface area contributed by atoms with E-state index in [1.165, 1.54) is 19.3 Å². The van der Waals surface area contributed by atoms with Crippen LogP contribution in [0.5, 0.6) is 0 Å². The normalized spacial score (nSPS) is 23.3. The first-order chi connectivity index (χ1) is 7.42. The van der Waals surface area contributed by atoms with E-state index in [4.69, 9.17) is 9.68 Å². The molecule has 1 aliphatic heterocycles. The van der Waals surface area contributed by atoms with Gasteiger partial charge >= 0.3 is 0 Å². The van der Waals surface area contributed by atoms with Crippen molar-refractivity contribution < 1.29 is 4.42 Å². The van der Waals surface area contributed by atoms with Crippen LogP contribution in [0.2, 0.25) is 0 Å². The van der Waals surface area contributed by atoms with Gasteiger partial charge in [-0.25, -0.2) is 0 Å². The average Bonchev–Trinajstić information content (AvgIpc) is 2.67. The molecule has 0 aromatic carbocycles. The van der Waals surface area contributed by atoms with Gasteiger partial charge in [-0.15, -0.1) is 0 Å². The van der Waals surface area contributed by atoms with E-state index in [9.17, 15) is 0 Å². The van der Waals surface area contributed by atoms with Crippen molar-refractivity contribution in [3.63, 3.8) is 0 Å².